The molecule has 174 valence electrons. The van der Waals surface area contributed by atoms with Crippen molar-refractivity contribution < 1.29 is 14.4 Å². The van der Waals surface area contributed by atoms with E-state index in [0.29, 0.717) is 5.88 Å². The topological polar surface area (TPSA) is 75.3 Å². The molecule has 2 amide bonds. The number of halogens is 1. The van der Waals surface area contributed by atoms with E-state index in [1.807, 2.05) is 23.5 Å². The number of amides is 2. The second-order valence-corrected chi connectivity index (χ2v) is 8.82. The van der Waals surface area contributed by atoms with Gasteiger partial charge < -0.3 is 5.32 Å². The van der Waals surface area contributed by atoms with Crippen LogP contribution in [0.3, 0.4) is 0 Å². The van der Waals surface area contributed by atoms with Crippen LogP contribution in [-0.2, 0) is 20.3 Å². The van der Waals surface area contributed by atoms with Crippen LogP contribution in [0.4, 0.5) is 5.69 Å². The van der Waals surface area contributed by atoms with Crippen LogP contribution in [0, 0.1) is 0 Å². The number of piperidine rings is 1. The predicted molar refractivity (Wildman–Crippen MR) is 142 cm³/mol. The van der Waals surface area contributed by atoms with Gasteiger partial charge in [0.25, 0.3) is 5.91 Å². The maximum Gasteiger partial charge on any atom is 0.261 e. The molecule has 5 nitrogen and oxygen atoms in total. The first-order chi connectivity index (χ1) is 16.0. The Morgan fingerprint density at radius 3 is 2.35 bits per heavy atom. The highest BCUT2D eigenvalue weighted by Gasteiger charge is 2.27. The number of benzene rings is 3. The van der Waals surface area contributed by atoms with Crippen LogP contribution in [0.15, 0.2) is 72.3 Å². The molecule has 2 N–H and O–H groups in total. The van der Waals surface area contributed by atoms with Crippen molar-refractivity contribution in [2.75, 3.05) is 12.4 Å². The van der Waals surface area contributed by atoms with Crippen molar-refractivity contribution in [2.45, 2.75) is 19.7 Å². The van der Waals surface area contributed by atoms with Crippen LogP contribution < -0.4 is 10.6 Å². The number of anilines is 1. The van der Waals surface area contributed by atoms with Gasteiger partial charge in [-0.3, -0.25) is 19.7 Å². The molecule has 1 aliphatic heterocycles. The molecule has 1 fully saturated rings. The summed E-state index contributed by atoms with van der Waals surface area (Å²) < 4.78 is 2.68. The molecule has 0 bridgehead atoms. The Morgan fingerprint density at radius 1 is 0.971 bits per heavy atom. The van der Waals surface area contributed by atoms with Crippen molar-refractivity contribution in [3.63, 3.8) is 0 Å². The minimum absolute atomic E-state index is 0. The van der Waals surface area contributed by atoms with E-state index >= 15 is 0 Å². The van der Waals surface area contributed by atoms with E-state index < -0.39 is 17.6 Å². The molecule has 7 heteroatoms. The van der Waals surface area contributed by atoms with Gasteiger partial charge in [-0.15, -0.1) is 22.9 Å². The minimum Gasteiger partial charge on any atom is -0.388 e. The Bertz CT molecular complexity index is 1370. The van der Waals surface area contributed by atoms with E-state index in [1.165, 1.54) is 31.8 Å². The van der Waals surface area contributed by atoms with E-state index in [9.17, 15) is 14.4 Å². The van der Waals surface area contributed by atoms with Crippen molar-refractivity contribution in [1.82, 2.24) is 5.32 Å². The number of imide groups is 1. The summed E-state index contributed by atoms with van der Waals surface area (Å²) in [6.07, 6.45) is 1.22. The fourth-order valence-electron chi connectivity index (χ4n) is 3.52. The molecular formula is C27H25ClN2O3S. The van der Waals surface area contributed by atoms with Gasteiger partial charge in [0.05, 0.1) is 12.0 Å². The summed E-state index contributed by atoms with van der Waals surface area (Å²) in [7, 11) is 1.80. The molecule has 0 unspecified atom stereocenters. The Morgan fingerprint density at radius 2 is 1.68 bits per heavy atom. The Hall–Kier alpha value is -3.48. The molecule has 0 spiro atoms. The summed E-state index contributed by atoms with van der Waals surface area (Å²) in [6.45, 7) is 0. The Kier molecular flexibility index (Phi) is 8.21. The lowest BCUT2D eigenvalue weighted by atomic mass is 10.0. The number of thiophene rings is 1. The molecule has 1 aromatic heterocycles. The van der Waals surface area contributed by atoms with Gasteiger partial charge >= 0.3 is 0 Å². The molecule has 1 aliphatic rings. The van der Waals surface area contributed by atoms with E-state index in [2.05, 4.69) is 53.1 Å². The van der Waals surface area contributed by atoms with Crippen molar-refractivity contribution in [2.24, 2.45) is 0 Å². The molecule has 0 saturated carbocycles. The van der Waals surface area contributed by atoms with E-state index in [0.717, 1.165) is 11.3 Å². The highest BCUT2D eigenvalue weighted by atomic mass is 35.5. The number of Topliss-reactive ketones (excluding diaryl/α,β-unsaturated/α-hetero) is 1. The summed E-state index contributed by atoms with van der Waals surface area (Å²) in [5, 5.41) is 7.76. The number of fused-ring (bicyclic) bond motifs is 3. The highest BCUT2D eigenvalue weighted by Crippen LogP contribution is 2.34. The maximum atomic E-state index is 11.6. The number of carbonyl (C=O) groups is 3. The van der Waals surface area contributed by atoms with Crippen LogP contribution in [-0.4, -0.2) is 24.6 Å². The quantitative estimate of drug-likeness (QED) is 0.118. The Labute approximate surface area is 207 Å². The number of rotatable bonds is 3. The summed E-state index contributed by atoms with van der Waals surface area (Å²) in [5.41, 5.74) is 2.88. The third kappa shape index (κ3) is 5.53. The minimum atomic E-state index is -0.631. The van der Waals surface area contributed by atoms with E-state index in [-0.39, 0.29) is 19.4 Å². The van der Waals surface area contributed by atoms with E-state index in [1.54, 1.807) is 19.2 Å². The molecule has 34 heavy (non-hydrogen) atoms. The zero-order chi connectivity index (χ0) is 23.4. The van der Waals surface area contributed by atoms with Crippen molar-refractivity contribution in [1.29, 1.82) is 0 Å². The van der Waals surface area contributed by atoms with Gasteiger partial charge in [-0.25, -0.2) is 0 Å². The molecule has 0 aliphatic carbocycles. The van der Waals surface area contributed by atoms with Gasteiger partial charge in [-0.1, -0.05) is 43.8 Å². The average molecular weight is 493 g/mol. The summed E-state index contributed by atoms with van der Waals surface area (Å²) in [5.74, 6) is -1.04. The lowest BCUT2D eigenvalue weighted by Gasteiger charge is -2.12. The normalized spacial score (nSPS) is 14.4. The highest BCUT2D eigenvalue weighted by molar-refractivity contribution is 7.25. The molecule has 2 heterocycles. The van der Waals surface area contributed by atoms with Crippen molar-refractivity contribution >= 4 is 72.5 Å². The molecule has 0 radical (unpaired) electrons. The van der Waals surface area contributed by atoms with Crippen LogP contribution in [0.1, 0.15) is 25.0 Å². The van der Waals surface area contributed by atoms with Crippen LogP contribution in [0.5, 0.6) is 0 Å². The fraction of sp³-hybridized carbons (Fsp3) is 0.148. The molecule has 5 rings (SSSR count). The first-order valence-electron chi connectivity index (χ1n) is 10.3. The summed E-state index contributed by atoms with van der Waals surface area (Å²) >= 11 is 7.69. The van der Waals surface area contributed by atoms with Gasteiger partial charge in [0.15, 0.2) is 5.78 Å². The third-order valence-electron chi connectivity index (χ3n) is 5.22. The van der Waals surface area contributed by atoms with Gasteiger partial charge in [-0.05, 0) is 47.5 Å². The molecule has 3 aromatic carbocycles. The third-order valence-corrected chi connectivity index (χ3v) is 6.69. The van der Waals surface area contributed by atoms with E-state index in [4.69, 9.17) is 11.6 Å². The van der Waals surface area contributed by atoms with Gasteiger partial charge in [0.1, 0.15) is 0 Å². The summed E-state index contributed by atoms with van der Waals surface area (Å²) in [6, 6.07) is 22.2. The van der Waals surface area contributed by atoms with Gasteiger partial charge in [0.2, 0.25) is 5.91 Å². The first-order valence-corrected chi connectivity index (χ1v) is 11.7. The molecule has 0 atom stereocenters. The lowest BCUT2D eigenvalue weighted by Crippen LogP contribution is -2.40. The van der Waals surface area contributed by atoms with Crippen LogP contribution >= 0.6 is 22.9 Å². The monoisotopic (exact) mass is 492 g/mol. The number of hydrogen-bond donors (Lipinski definition) is 2. The second kappa shape index (κ2) is 11.1. The van der Waals surface area contributed by atoms with Gasteiger partial charge in [0, 0.05) is 38.8 Å². The van der Waals surface area contributed by atoms with Gasteiger partial charge in [-0.2, -0.15) is 0 Å². The Balaban J connectivity index is 0.000000187. The number of alkyl halides is 1. The summed E-state index contributed by atoms with van der Waals surface area (Å²) in [4.78, 5) is 34.1. The van der Waals surface area contributed by atoms with Crippen molar-refractivity contribution in [3.8, 4) is 0 Å². The smallest absolute Gasteiger partial charge is 0.261 e. The number of ketones is 1. The number of hydrogen-bond acceptors (Lipinski definition) is 5. The number of nitrogens with one attached hydrogen (secondary N) is 2. The lowest BCUT2D eigenvalue weighted by molar-refractivity contribution is -0.134. The fourth-order valence-corrected chi connectivity index (χ4v) is 4.77. The van der Waals surface area contributed by atoms with Crippen LogP contribution in [0.2, 0.25) is 0 Å². The molecule has 4 aromatic rings. The van der Waals surface area contributed by atoms with Crippen LogP contribution in [0.25, 0.3) is 26.2 Å². The van der Waals surface area contributed by atoms with Crippen molar-refractivity contribution in [3.05, 3.63) is 83.4 Å². The standard InChI is InChI=1S/C13H9ClS.C13H12N2O3.CH4/c14-8-9-5-6-13-11(7-9)10-3-1-2-4-12(10)15-13;1-14-9-4-2-8(3-5-9)6-10-11(16)7-12(17)15-13(10)18;/h1-7H,8H2;2-6,14H,7H2,1H3,(H,15,17,18);1H4/b;10-6+;. The zero-order valence-electron chi connectivity index (χ0n) is 17.9. The second-order valence-electron chi connectivity index (χ2n) is 7.47. The largest absolute Gasteiger partial charge is 0.388 e. The zero-order valence-corrected chi connectivity index (χ0v) is 19.4. The average Bonchev–Trinajstić information content (AvgIpc) is 3.20. The first kappa shape index (κ1) is 25.1. The maximum absolute atomic E-state index is 11.6. The predicted octanol–water partition coefficient (Wildman–Crippen LogP) is 6.16. The molecular weight excluding hydrogens is 468 g/mol. The SMILES string of the molecule is C.CNc1ccc(/C=C2\C(=O)CC(=O)NC2=O)cc1.ClCc1ccc2sc3ccccc3c2c1. The number of carbonyl (C=O) groups excluding carboxylic acids is 3. The molecule has 1 saturated heterocycles.